The van der Waals surface area contributed by atoms with Gasteiger partial charge in [-0.05, 0) is 31.9 Å². The first-order valence-corrected chi connectivity index (χ1v) is 7.73. The smallest absolute Gasteiger partial charge is 0.326 e. The number of likely N-dealkylation sites (tertiary alicyclic amines) is 2. The summed E-state index contributed by atoms with van der Waals surface area (Å²) in [6.07, 6.45) is 5.51. The number of carbonyl (C=O) groups is 2. The molecule has 5 nitrogen and oxygen atoms in total. The van der Waals surface area contributed by atoms with Gasteiger partial charge in [0, 0.05) is 24.9 Å². The third-order valence-electron chi connectivity index (χ3n) is 3.83. The van der Waals surface area contributed by atoms with E-state index < -0.39 is 12.0 Å². The summed E-state index contributed by atoms with van der Waals surface area (Å²) in [4.78, 5) is 26.7. The summed E-state index contributed by atoms with van der Waals surface area (Å²) in [7, 11) is 0. The maximum atomic E-state index is 12.3. The van der Waals surface area contributed by atoms with Crippen LogP contribution in [0, 0.1) is 0 Å². The van der Waals surface area contributed by atoms with Crippen LogP contribution in [0.15, 0.2) is 0 Å². The van der Waals surface area contributed by atoms with E-state index in [2.05, 4.69) is 6.26 Å². The topological polar surface area (TPSA) is 60.9 Å². The van der Waals surface area contributed by atoms with Crippen molar-refractivity contribution in [2.24, 2.45) is 0 Å². The lowest BCUT2D eigenvalue weighted by atomic mass is 10.1. The molecule has 102 valence electrons. The van der Waals surface area contributed by atoms with Gasteiger partial charge >= 0.3 is 12.0 Å². The molecule has 0 radical (unpaired) electrons. The van der Waals surface area contributed by atoms with Crippen LogP contribution < -0.4 is 0 Å². The highest BCUT2D eigenvalue weighted by molar-refractivity contribution is 7.99. The van der Waals surface area contributed by atoms with E-state index in [0.717, 1.165) is 32.4 Å². The maximum Gasteiger partial charge on any atom is 0.326 e. The third kappa shape index (κ3) is 2.74. The molecule has 18 heavy (non-hydrogen) atoms. The summed E-state index contributed by atoms with van der Waals surface area (Å²) in [6.45, 7) is 2.10. The van der Waals surface area contributed by atoms with Gasteiger partial charge in [0.1, 0.15) is 6.04 Å². The number of hydrogen-bond donors (Lipinski definition) is 1. The number of thioether (sulfide) groups is 1. The highest BCUT2D eigenvalue weighted by Crippen LogP contribution is 2.24. The first-order valence-electron chi connectivity index (χ1n) is 6.44. The van der Waals surface area contributed by atoms with Gasteiger partial charge in [0.2, 0.25) is 0 Å². The van der Waals surface area contributed by atoms with Gasteiger partial charge in [-0.15, -0.1) is 0 Å². The molecule has 0 aromatic heterocycles. The fourth-order valence-corrected chi connectivity index (χ4v) is 3.40. The highest BCUT2D eigenvalue weighted by Gasteiger charge is 2.36. The highest BCUT2D eigenvalue weighted by atomic mass is 32.2. The Kier molecular flexibility index (Phi) is 4.37. The molecule has 0 saturated carbocycles. The Hall–Kier alpha value is -0.910. The normalized spacial score (nSPS) is 25.5. The molecule has 1 N–H and O–H groups in total. The Balaban J connectivity index is 1.93. The molecule has 2 heterocycles. The molecule has 0 bridgehead atoms. The predicted molar refractivity (Wildman–Crippen MR) is 70.9 cm³/mol. The van der Waals surface area contributed by atoms with Crippen LogP contribution in [0.4, 0.5) is 4.79 Å². The van der Waals surface area contributed by atoms with Gasteiger partial charge in [-0.3, -0.25) is 0 Å². The zero-order valence-electron chi connectivity index (χ0n) is 10.7. The number of hydrogen-bond acceptors (Lipinski definition) is 3. The second kappa shape index (κ2) is 5.82. The molecular formula is C12H20N2O3S. The number of carboxylic acids is 1. The number of carbonyl (C=O) groups excluding carboxylic acids is 1. The molecule has 0 unspecified atom stereocenters. The SMILES string of the molecule is CSC1CCN(C(=O)N2CCC[C@H]2C(=O)O)CC1. The van der Waals surface area contributed by atoms with Crippen molar-refractivity contribution in [2.45, 2.75) is 37.0 Å². The molecule has 0 aromatic rings. The fourth-order valence-electron chi connectivity index (χ4n) is 2.72. The van der Waals surface area contributed by atoms with Crippen LogP contribution in [-0.2, 0) is 4.79 Å². The van der Waals surface area contributed by atoms with E-state index >= 15 is 0 Å². The van der Waals surface area contributed by atoms with Gasteiger partial charge < -0.3 is 14.9 Å². The van der Waals surface area contributed by atoms with Crippen molar-refractivity contribution in [3.63, 3.8) is 0 Å². The minimum atomic E-state index is -0.875. The molecule has 2 amide bonds. The maximum absolute atomic E-state index is 12.3. The van der Waals surface area contributed by atoms with Gasteiger partial charge in [-0.1, -0.05) is 0 Å². The average molecular weight is 272 g/mol. The third-order valence-corrected chi connectivity index (χ3v) is 4.97. The van der Waals surface area contributed by atoms with Crippen LogP contribution in [0.1, 0.15) is 25.7 Å². The van der Waals surface area contributed by atoms with Crippen molar-refractivity contribution < 1.29 is 14.7 Å². The van der Waals surface area contributed by atoms with Crippen LogP contribution in [-0.4, -0.2) is 64.1 Å². The molecule has 0 aliphatic carbocycles. The fraction of sp³-hybridized carbons (Fsp3) is 0.833. The average Bonchev–Trinajstić information content (AvgIpc) is 2.87. The van der Waals surface area contributed by atoms with E-state index in [4.69, 9.17) is 5.11 Å². The summed E-state index contributed by atoms with van der Waals surface area (Å²) in [5.74, 6) is -0.875. The summed E-state index contributed by atoms with van der Waals surface area (Å²) in [6, 6.07) is -0.699. The zero-order chi connectivity index (χ0) is 13.1. The molecule has 2 aliphatic heterocycles. The van der Waals surface area contributed by atoms with E-state index in [1.165, 1.54) is 4.90 Å². The molecule has 0 aromatic carbocycles. The Morgan fingerprint density at radius 3 is 2.39 bits per heavy atom. The minimum absolute atomic E-state index is 0.0838. The number of urea groups is 1. The van der Waals surface area contributed by atoms with Crippen molar-refractivity contribution in [1.82, 2.24) is 9.80 Å². The van der Waals surface area contributed by atoms with E-state index in [1.807, 2.05) is 16.7 Å². The van der Waals surface area contributed by atoms with E-state index in [1.54, 1.807) is 0 Å². The van der Waals surface area contributed by atoms with Gasteiger partial charge in [0.05, 0.1) is 0 Å². The molecule has 2 aliphatic rings. The Bertz CT molecular complexity index is 329. The second-order valence-electron chi connectivity index (χ2n) is 4.89. The molecular weight excluding hydrogens is 252 g/mol. The van der Waals surface area contributed by atoms with Crippen LogP contribution in [0.5, 0.6) is 0 Å². The van der Waals surface area contributed by atoms with Gasteiger partial charge in [0.15, 0.2) is 0 Å². The number of nitrogens with zero attached hydrogens (tertiary/aromatic N) is 2. The number of piperidine rings is 1. The first kappa shape index (κ1) is 13.5. The van der Waals surface area contributed by atoms with E-state index in [0.29, 0.717) is 18.2 Å². The number of carboxylic acid groups (broad SMARTS) is 1. The van der Waals surface area contributed by atoms with Crippen molar-refractivity contribution in [1.29, 1.82) is 0 Å². The molecule has 2 fully saturated rings. The van der Waals surface area contributed by atoms with Crippen molar-refractivity contribution in [3.8, 4) is 0 Å². The summed E-state index contributed by atoms with van der Waals surface area (Å²) >= 11 is 1.85. The number of rotatable bonds is 2. The molecule has 0 spiro atoms. The quantitative estimate of drug-likeness (QED) is 0.827. The molecule has 1 atom stereocenters. The molecule has 6 heteroatoms. The zero-order valence-corrected chi connectivity index (χ0v) is 11.5. The monoisotopic (exact) mass is 272 g/mol. The number of amides is 2. The Morgan fingerprint density at radius 1 is 1.17 bits per heavy atom. The lowest BCUT2D eigenvalue weighted by Gasteiger charge is -2.35. The second-order valence-corrected chi connectivity index (χ2v) is 6.03. The van der Waals surface area contributed by atoms with Gasteiger partial charge in [-0.25, -0.2) is 9.59 Å². The minimum Gasteiger partial charge on any atom is -0.480 e. The van der Waals surface area contributed by atoms with Crippen molar-refractivity contribution in [3.05, 3.63) is 0 Å². The van der Waals surface area contributed by atoms with Crippen LogP contribution in [0.3, 0.4) is 0 Å². The lowest BCUT2D eigenvalue weighted by Crippen LogP contribution is -2.50. The van der Waals surface area contributed by atoms with Crippen LogP contribution in [0.2, 0.25) is 0 Å². The lowest BCUT2D eigenvalue weighted by molar-refractivity contribution is -0.141. The summed E-state index contributed by atoms with van der Waals surface area (Å²) < 4.78 is 0. The summed E-state index contributed by atoms with van der Waals surface area (Å²) in [5.41, 5.74) is 0. The predicted octanol–water partition coefficient (Wildman–Crippen LogP) is 1.48. The standard InChI is InChI=1S/C12H20N2O3S/c1-18-9-4-7-13(8-5-9)12(17)14-6-2-3-10(14)11(15)16/h9-10H,2-8H2,1H3,(H,15,16)/t10-/m0/s1. The number of aliphatic carboxylic acids is 1. The summed E-state index contributed by atoms with van der Waals surface area (Å²) in [5, 5.41) is 9.74. The van der Waals surface area contributed by atoms with Crippen LogP contribution in [0.25, 0.3) is 0 Å². The van der Waals surface area contributed by atoms with E-state index in [-0.39, 0.29) is 6.03 Å². The van der Waals surface area contributed by atoms with Crippen LogP contribution >= 0.6 is 11.8 Å². The Morgan fingerprint density at radius 2 is 1.83 bits per heavy atom. The van der Waals surface area contributed by atoms with Gasteiger partial charge in [0.25, 0.3) is 0 Å². The first-order chi connectivity index (χ1) is 8.63. The molecule has 2 rings (SSSR count). The van der Waals surface area contributed by atoms with Crippen molar-refractivity contribution in [2.75, 3.05) is 25.9 Å². The van der Waals surface area contributed by atoms with Gasteiger partial charge in [-0.2, -0.15) is 11.8 Å². The molecule has 2 saturated heterocycles. The Labute approximate surface area is 112 Å². The van der Waals surface area contributed by atoms with Crippen molar-refractivity contribution >= 4 is 23.8 Å². The van der Waals surface area contributed by atoms with E-state index in [9.17, 15) is 9.59 Å². The largest absolute Gasteiger partial charge is 0.480 e.